The SMILES string of the molecule is CC(CN)(NC(=O)CCc1cccc(F)c1F)C1CC1.Cl. The third kappa shape index (κ3) is 4.38. The van der Waals surface area contributed by atoms with E-state index in [0.29, 0.717) is 12.5 Å². The fourth-order valence-electron chi connectivity index (χ4n) is 2.41. The zero-order valence-electron chi connectivity index (χ0n) is 12.0. The van der Waals surface area contributed by atoms with Crippen LogP contribution in [-0.2, 0) is 11.2 Å². The van der Waals surface area contributed by atoms with Gasteiger partial charge in [0.15, 0.2) is 11.6 Å². The van der Waals surface area contributed by atoms with Crippen molar-refractivity contribution in [2.45, 2.75) is 38.1 Å². The number of carbonyl (C=O) groups excluding carboxylic acids is 1. The van der Waals surface area contributed by atoms with E-state index in [-0.39, 0.29) is 42.3 Å². The molecule has 1 fully saturated rings. The van der Waals surface area contributed by atoms with E-state index in [1.807, 2.05) is 6.92 Å². The van der Waals surface area contributed by atoms with Crippen LogP contribution in [-0.4, -0.2) is 18.0 Å². The standard InChI is InChI=1S/C15H20F2N2O.ClH/c1-15(9-18,11-6-7-11)19-13(20)8-5-10-3-2-4-12(16)14(10)17;/h2-4,11H,5-9,18H2,1H3,(H,19,20);1H. The fraction of sp³-hybridized carbons (Fsp3) is 0.533. The molecule has 0 aliphatic heterocycles. The number of nitrogens with one attached hydrogen (secondary N) is 1. The van der Waals surface area contributed by atoms with Gasteiger partial charge in [0.05, 0.1) is 5.54 Å². The van der Waals surface area contributed by atoms with Crippen molar-refractivity contribution >= 4 is 18.3 Å². The second-order valence-electron chi connectivity index (χ2n) is 5.66. The Morgan fingerprint density at radius 3 is 2.67 bits per heavy atom. The second kappa shape index (κ2) is 7.18. The van der Waals surface area contributed by atoms with E-state index in [9.17, 15) is 13.6 Å². The first kappa shape index (κ1) is 17.9. The van der Waals surface area contributed by atoms with Gasteiger partial charge in [-0.1, -0.05) is 12.1 Å². The average Bonchev–Trinajstić information content (AvgIpc) is 3.25. The van der Waals surface area contributed by atoms with Crippen molar-refractivity contribution in [1.29, 1.82) is 0 Å². The molecule has 0 bridgehead atoms. The Morgan fingerprint density at radius 2 is 2.10 bits per heavy atom. The van der Waals surface area contributed by atoms with Crippen molar-refractivity contribution in [3.63, 3.8) is 0 Å². The Labute approximate surface area is 129 Å². The summed E-state index contributed by atoms with van der Waals surface area (Å²) in [7, 11) is 0. The molecule has 1 aliphatic rings. The molecule has 1 aromatic carbocycles. The maximum Gasteiger partial charge on any atom is 0.220 e. The first-order valence-electron chi connectivity index (χ1n) is 6.90. The summed E-state index contributed by atoms with van der Waals surface area (Å²) in [6.45, 7) is 2.32. The molecule has 1 saturated carbocycles. The molecule has 1 amide bonds. The quantitative estimate of drug-likeness (QED) is 0.847. The number of nitrogens with two attached hydrogens (primary N) is 1. The molecule has 6 heteroatoms. The molecule has 3 nitrogen and oxygen atoms in total. The maximum absolute atomic E-state index is 13.5. The Bertz CT molecular complexity index is 508. The summed E-state index contributed by atoms with van der Waals surface area (Å²) in [5, 5.41) is 2.93. The van der Waals surface area contributed by atoms with Gasteiger partial charge in [-0.05, 0) is 43.7 Å². The molecule has 1 atom stereocenters. The normalized spacial score (nSPS) is 16.8. The van der Waals surface area contributed by atoms with Crippen LogP contribution in [0.2, 0.25) is 0 Å². The zero-order chi connectivity index (χ0) is 14.8. The first-order valence-corrected chi connectivity index (χ1v) is 6.90. The molecule has 21 heavy (non-hydrogen) atoms. The summed E-state index contributed by atoms with van der Waals surface area (Å²) in [4.78, 5) is 11.9. The molecular weight excluding hydrogens is 298 g/mol. The van der Waals surface area contributed by atoms with Crippen molar-refractivity contribution in [2.75, 3.05) is 6.54 Å². The number of aryl methyl sites for hydroxylation is 1. The fourth-order valence-corrected chi connectivity index (χ4v) is 2.41. The van der Waals surface area contributed by atoms with Gasteiger partial charge in [0.25, 0.3) is 0 Å². The van der Waals surface area contributed by atoms with Gasteiger partial charge in [-0.15, -0.1) is 12.4 Å². The predicted molar refractivity (Wildman–Crippen MR) is 80.3 cm³/mol. The van der Waals surface area contributed by atoms with E-state index in [1.165, 1.54) is 12.1 Å². The lowest BCUT2D eigenvalue weighted by molar-refractivity contribution is -0.123. The predicted octanol–water partition coefficient (Wildman–Crippen LogP) is 2.56. The average molecular weight is 319 g/mol. The molecule has 1 unspecified atom stereocenters. The molecule has 0 radical (unpaired) electrons. The zero-order valence-corrected chi connectivity index (χ0v) is 12.8. The molecule has 1 aliphatic carbocycles. The number of rotatable bonds is 6. The lowest BCUT2D eigenvalue weighted by Crippen LogP contribution is -2.53. The summed E-state index contributed by atoms with van der Waals surface area (Å²) in [5.74, 6) is -1.49. The molecule has 3 N–H and O–H groups in total. The van der Waals surface area contributed by atoms with Crippen LogP contribution in [0.1, 0.15) is 31.7 Å². The summed E-state index contributed by atoms with van der Waals surface area (Å²) < 4.78 is 26.5. The van der Waals surface area contributed by atoms with Crippen LogP contribution in [0.15, 0.2) is 18.2 Å². The van der Waals surface area contributed by atoms with Gasteiger partial charge < -0.3 is 11.1 Å². The number of benzene rings is 1. The maximum atomic E-state index is 13.5. The van der Waals surface area contributed by atoms with Crippen LogP contribution < -0.4 is 11.1 Å². The molecule has 2 rings (SSSR count). The van der Waals surface area contributed by atoms with Gasteiger partial charge in [-0.25, -0.2) is 8.78 Å². The van der Waals surface area contributed by atoms with E-state index in [2.05, 4.69) is 5.32 Å². The summed E-state index contributed by atoms with van der Waals surface area (Å²) >= 11 is 0. The molecule has 0 heterocycles. The number of hydrogen-bond donors (Lipinski definition) is 2. The molecule has 0 spiro atoms. The Morgan fingerprint density at radius 1 is 1.43 bits per heavy atom. The number of halogens is 3. The van der Waals surface area contributed by atoms with Crippen LogP contribution in [0.25, 0.3) is 0 Å². The molecule has 1 aromatic rings. The van der Waals surface area contributed by atoms with Gasteiger partial charge >= 0.3 is 0 Å². The first-order chi connectivity index (χ1) is 9.46. The van der Waals surface area contributed by atoms with Crippen molar-refractivity contribution in [1.82, 2.24) is 5.32 Å². The van der Waals surface area contributed by atoms with E-state index < -0.39 is 11.6 Å². The van der Waals surface area contributed by atoms with Crippen LogP contribution in [0.5, 0.6) is 0 Å². The topological polar surface area (TPSA) is 55.1 Å². The smallest absolute Gasteiger partial charge is 0.220 e. The minimum absolute atomic E-state index is 0. The number of hydrogen-bond acceptors (Lipinski definition) is 2. The highest BCUT2D eigenvalue weighted by molar-refractivity contribution is 5.85. The minimum Gasteiger partial charge on any atom is -0.349 e. The van der Waals surface area contributed by atoms with E-state index in [1.54, 1.807) is 0 Å². The number of carbonyl (C=O) groups is 1. The highest BCUT2D eigenvalue weighted by Crippen LogP contribution is 2.39. The van der Waals surface area contributed by atoms with Gasteiger partial charge in [0, 0.05) is 13.0 Å². The van der Waals surface area contributed by atoms with Gasteiger partial charge in [0.2, 0.25) is 5.91 Å². The third-order valence-electron chi connectivity index (χ3n) is 3.98. The number of amides is 1. The molecule has 118 valence electrons. The monoisotopic (exact) mass is 318 g/mol. The van der Waals surface area contributed by atoms with Crippen molar-refractivity contribution in [3.8, 4) is 0 Å². The Kier molecular flexibility index (Phi) is 6.10. The van der Waals surface area contributed by atoms with Crippen LogP contribution >= 0.6 is 12.4 Å². The lowest BCUT2D eigenvalue weighted by atomic mass is 9.95. The molecule has 0 aromatic heterocycles. The highest BCUT2D eigenvalue weighted by Gasteiger charge is 2.41. The van der Waals surface area contributed by atoms with E-state index in [0.717, 1.165) is 18.9 Å². The van der Waals surface area contributed by atoms with Gasteiger partial charge in [-0.3, -0.25) is 4.79 Å². The summed E-state index contributed by atoms with van der Waals surface area (Å²) in [6.07, 6.45) is 2.46. The third-order valence-corrected chi connectivity index (χ3v) is 3.98. The van der Waals surface area contributed by atoms with Crippen LogP contribution in [0.4, 0.5) is 8.78 Å². The Hall–Kier alpha value is -1.20. The minimum atomic E-state index is -0.882. The molecule has 0 saturated heterocycles. The summed E-state index contributed by atoms with van der Waals surface area (Å²) in [5.41, 5.74) is 5.57. The Balaban J connectivity index is 0.00000220. The van der Waals surface area contributed by atoms with Crippen molar-refractivity contribution < 1.29 is 13.6 Å². The second-order valence-corrected chi connectivity index (χ2v) is 5.66. The van der Waals surface area contributed by atoms with E-state index >= 15 is 0 Å². The van der Waals surface area contributed by atoms with Gasteiger partial charge in [0.1, 0.15) is 0 Å². The van der Waals surface area contributed by atoms with Gasteiger partial charge in [-0.2, -0.15) is 0 Å². The molecular formula is C15H21ClF2N2O. The highest BCUT2D eigenvalue weighted by atomic mass is 35.5. The van der Waals surface area contributed by atoms with Crippen LogP contribution in [0, 0.1) is 17.6 Å². The van der Waals surface area contributed by atoms with E-state index in [4.69, 9.17) is 5.73 Å². The summed E-state index contributed by atoms with van der Waals surface area (Å²) in [6, 6.07) is 4.01. The lowest BCUT2D eigenvalue weighted by Gasteiger charge is -2.29. The van der Waals surface area contributed by atoms with Crippen molar-refractivity contribution in [3.05, 3.63) is 35.4 Å². The largest absolute Gasteiger partial charge is 0.349 e. The van der Waals surface area contributed by atoms with Crippen LogP contribution in [0.3, 0.4) is 0 Å². The van der Waals surface area contributed by atoms with Crippen molar-refractivity contribution in [2.24, 2.45) is 11.7 Å².